The van der Waals surface area contributed by atoms with E-state index in [4.69, 9.17) is 4.74 Å². The standard InChI is InChI=1S/C13H20FNO/c1-11(15-9-10-16-2)7-8-12-5-3-4-6-13(12)14/h3-6,11,15H,7-10H2,1-2H3. The molecule has 0 aliphatic rings. The molecule has 16 heavy (non-hydrogen) atoms. The Bertz CT molecular complexity index is 304. The number of rotatable bonds is 7. The highest BCUT2D eigenvalue weighted by Crippen LogP contribution is 2.09. The van der Waals surface area contributed by atoms with Gasteiger partial charge in [-0.3, -0.25) is 0 Å². The number of methoxy groups -OCH3 is 1. The highest BCUT2D eigenvalue weighted by Gasteiger charge is 2.04. The predicted octanol–water partition coefficient (Wildman–Crippen LogP) is 2.38. The largest absolute Gasteiger partial charge is 0.383 e. The second-order valence-electron chi connectivity index (χ2n) is 3.98. The van der Waals surface area contributed by atoms with Crippen LogP contribution in [-0.4, -0.2) is 26.3 Å². The highest BCUT2D eigenvalue weighted by molar-refractivity contribution is 5.17. The summed E-state index contributed by atoms with van der Waals surface area (Å²) >= 11 is 0. The first-order chi connectivity index (χ1) is 7.74. The van der Waals surface area contributed by atoms with E-state index < -0.39 is 0 Å². The van der Waals surface area contributed by atoms with Gasteiger partial charge in [-0.05, 0) is 31.4 Å². The lowest BCUT2D eigenvalue weighted by molar-refractivity contribution is 0.196. The zero-order valence-electron chi connectivity index (χ0n) is 10.0. The average Bonchev–Trinajstić information content (AvgIpc) is 2.28. The zero-order valence-corrected chi connectivity index (χ0v) is 10.0. The molecule has 3 heteroatoms. The van der Waals surface area contributed by atoms with Gasteiger partial charge in [0.2, 0.25) is 0 Å². The van der Waals surface area contributed by atoms with Crippen LogP contribution in [0.1, 0.15) is 18.9 Å². The third-order valence-corrected chi connectivity index (χ3v) is 2.60. The number of nitrogens with one attached hydrogen (secondary N) is 1. The molecular formula is C13H20FNO. The van der Waals surface area contributed by atoms with Crippen LogP contribution in [0, 0.1) is 5.82 Å². The first-order valence-corrected chi connectivity index (χ1v) is 5.69. The lowest BCUT2D eigenvalue weighted by atomic mass is 10.1. The summed E-state index contributed by atoms with van der Waals surface area (Å²) in [5.41, 5.74) is 0.794. The van der Waals surface area contributed by atoms with E-state index in [1.54, 1.807) is 13.2 Å². The topological polar surface area (TPSA) is 21.3 Å². The summed E-state index contributed by atoms with van der Waals surface area (Å²) in [6.45, 7) is 3.66. The van der Waals surface area contributed by atoms with Gasteiger partial charge in [-0.2, -0.15) is 0 Å². The number of ether oxygens (including phenoxy) is 1. The van der Waals surface area contributed by atoms with Crippen LogP contribution in [0.2, 0.25) is 0 Å². The lowest BCUT2D eigenvalue weighted by Crippen LogP contribution is -2.29. The number of halogens is 1. The van der Waals surface area contributed by atoms with Gasteiger partial charge < -0.3 is 10.1 Å². The maximum atomic E-state index is 13.3. The quantitative estimate of drug-likeness (QED) is 0.719. The molecule has 0 radical (unpaired) electrons. The summed E-state index contributed by atoms with van der Waals surface area (Å²) in [6, 6.07) is 7.34. The molecule has 0 aliphatic heterocycles. The van der Waals surface area contributed by atoms with E-state index in [-0.39, 0.29) is 5.82 Å². The summed E-state index contributed by atoms with van der Waals surface area (Å²) in [5, 5.41) is 3.33. The summed E-state index contributed by atoms with van der Waals surface area (Å²) in [7, 11) is 1.69. The van der Waals surface area contributed by atoms with Gasteiger partial charge in [0.25, 0.3) is 0 Å². The number of aryl methyl sites for hydroxylation is 1. The molecule has 0 fully saturated rings. The fraction of sp³-hybridized carbons (Fsp3) is 0.538. The van der Waals surface area contributed by atoms with E-state index >= 15 is 0 Å². The van der Waals surface area contributed by atoms with E-state index in [0.717, 1.165) is 24.9 Å². The van der Waals surface area contributed by atoms with Crippen molar-refractivity contribution in [3.05, 3.63) is 35.6 Å². The first-order valence-electron chi connectivity index (χ1n) is 5.69. The molecule has 1 aromatic carbocycles. The van der Waals surface area contributed by atoms with E-state index in [9.17, 15) is 4.39 Å². The molecule has 0 aliphatic carbocycles. The average molecular weight is 225 g/mol. The normalized spacial score (nSPS) is 12.7. The predicted molar refractivity (Wildman–Crippen MR) is 64.1 cm³/mol. The molecule has 0 bridgehead atoms. The van der Waals surface area contributed by atoms with Crippen LogP contribution in [0.25, 0.3) is 0 Å². The SMILES string of the molecule is COCCNC(C)CCc1ccccc1F. The van der Waals surface area contributed by atoms with Crippen molar-refractivity contribution in [3.63, 3.8) is 0 Å². The number of hydrogen-bond donors (Lipinski definition) is 1. The van der Waals surface area contributed by atoms with Crippen LogP contribution in [-0.2, 0) is 11.2 Å². The summed E-state index contributed by atoms with van der Waals surface area (Å²) < 4.78 is 18.3. The molecule has 1 aromatic rings. The van der Waals surface area contributed by atoms with Gasteiger partial charge in [-0.25, -0.2) is 4.39 Å². The van der Waals surface area contributed by atoms with Gasteiger partial charge in [-0.1, -0.05) is 18.2 Å². The molecule has 0 aromatic heterocycles. The van der Waals surface area contributed by atoms with Crippen LogP contribution in [0.3, 0.4) is 0 Å². The van der Waals surface area contributed by atoms with Crippen LogP contribution in [0.15, 0.2) is 24.3 Å². The van der Waals surface area contributed by atoms with Crippen molar-refractivity contribution in [3.8, 4) is 0 Å². The molecule has 1 unspecified atom stereocenters. The van der Waals surface area contributed by atoms with Crippen LogP contribution in [0.5, 0.6) is 0 Å². The third kappa shape index (κ3) is 4.73. The van der Waals surface area contributed by atoms with Crippen LogP contribution >= 0.6 is 0 Å². The summed E-state index contributed by atoms with van der Waals surface area (Å²) in [5.74, 6) is -0.105. The smallest absolute Gasteiger partial charge is 0.126 e. The molecule has 0 amide bonds. The molecule has 0 heterocycles. The maximum absolute atomic E-state index is 13.3. The second-order valence-corrected chi connectivity index (χ2v) is 3.98. The first kappa shape index (κ1) is 13.1. The summed E-state index contributed by atoms with van der Waals surface area (Å²) in [6.07, 6.45) is 1.71. The molecular weight excluding hydrogens is 205 g/mol. The molecule has 90 valence electrons. The van der Waals surface area contributed by atoms with Crippen LogP contribution < -0.4 is 5.32 Å². The third-order valence-electron chi connectivity index (χ3n) is 2.60. The van der Waals surface area contributed by atoms with Gasteiger partial charge in [0.1, 0.15) is 5.82 Å². The molecule has 2 nitrogen and oxygen atoms in total. The van der Waals surface area contributed by atoms with Gasteiger partial charge in [0, 0.05) is 19.7 Å². The Hall–Kier alpha value is -0.930. The van der Waals surface area contributed by atoms with Gasteiger partial charge >= 0.3 is 0 Å². The van der Waals surface area contributed by atoms with Crippen molar-refractivity contribution in [2.75, 3.05) is 20.3 Å². The minimum absolute atomic E-state index is 0.105. The fourth-order valence-electron chi connectivity index (χ4n) is 1.58. The Labute approximate surface area is 96.8 Å². The van der Waals surface area contributed by atoms with Crippen molar-refractivity contribution in [2.24, 2.45) is 0 Å². The van der Waals surface area contributed by atoms with E-state index in [1.807, 2.05) is 12.1 Å². The maximum Gasteiger partial charge on any atom is 0.126 e. The Morgan fingerprint density at radius 2 is 2.12 bits per heavy atom. The van der Waals surface area contributed by atoms with Gasteiger partial charge in [0.15, 0.2) is 0 Å². The highest BCUT2D eigenvalue weighted by atomic mass is 19.1. The lowest BCUT2D eigenvalue weighted by Gasteiger charge is -2.13. The Morgan fingerprint density at radius 3 is 2.81 bits per heavy atom. The molecule has 1 N–H and O–H groups in total. The minimum atomic E-state index is -0.105. The van der Waals surface area contributed by atoms with Crippen molar-refractivity contribution >= 4 is 0 Å². The number of hydrogen-bond acceptors (Lipinski definition) is 2. The van der Waals surface area contributed by atoms with Gasteiger partial charge in [-0.15, -0.1) is 0 Å². The van der Waals surface area contributed by atoms with Gasteiger partial charge in [0.05, 0.1) is 6.61 Å². The molecule has 0 spiro atoms. The van der Waals surface area contributed by atoms with E-state index in [1.165, 1.54) is 6.07 Å². The minimum Gasteiger partial charge on any atom is -0.383 e. The van der Waals surface area contributed by atoms with E-state index in [0.29, 0.717) is 12.6 Å². The van der Waals surface area contributed by atoms with Crippen molar-refractivity contribution in [1.29, 1.82) is 0 Å². The second kappa shape index (κ2) is 7.36. The molecule has 0 saturated carbocycles. The Morgan fingerprint density at radius 1 is 1.38 bits per heavy atom. The zero-order chi connectivity index (χ0) is 11.8. The van der Waals surface area contributed by atoms with Crippen molar-refractivity contribution < 1.29 is 9.13 Å². The van der Waals surface area contributed by atoms with Crippen LogP contribution in [0.4, 0.5) is 4.39 Å². The van der Waals surface area contributed by atoms with E-state index in [2.05, 4.69) is 12.2 Å². The Kier molecular flexibility index (Phi) is 6.04. The molecule has 1 atom stereocenters. The monoisotopic (exact) mass is 225 g/mol. The number of benzene rings is 1. The Balaban J connectivity index is 2.26. The fourth-order valence-corrected chi connectivity index (χ4v) is 1.58. The van der Waals surface area contributed by atoms with Crippen molar-refractivity contribution in [1.82, 2.24) is 5.32 Å². The van der Waals surface area contributed by atoms with Crippen molar-refractivity contribution in [2.45, 2.75) is 25.8 Å². The molecule has 0 saturated heterocycles. The summed E-state index contributed by atoms with van der Waals surface area (Å²) in [4.78, 5) is 0. The molecule has 1 rings (SSSR count).